The fourth-order valence-corrected chi connectivity index (χ4v) is 2.10. The summed E-state index contributed by atoms with van der Waals surface area (Å²) in [6.07, 6.45) is 5.33. The van der Waals surface area contributed by atoms with Gasteiger partial charge in [0.05, 0.1) is 0 Å². The zero-order chi connectivity index (χ0) is 11.1. The molecular formula is C15H23. The van der Waals surface area contributed by atoms with E-state index in [0.29, 0.717) is 5.92 Å². The van der Waals surface area contributed by atoms with Gasteiger partial charge in [0.15, 0.2) is 0 Å². The summed E-state index contributed by atoms with van der Waals surface area (Å²) in [6, 6.07) is 11.8. The molecule has 0 aromatic heterocycles. The summed E-state index contributed by atoms with van der Waals surface area (Å²) in [5.74, 6) is 1.42. The highest BCUT2D eigenvalue weighted by Crippen LogP contribution is 2.29. The lowest BCUT2D eigenvalue weighted by molar-refractivity contribution is 0.447. The summed E-state index contributed by atoms with van der Waals surface area (Å²) in [4.78, 5) is 0. The molecule has 0 N–H and O–H groups in total. The van der Waals surface area contributed by atoms with E-state index in [2.05, 4.69) is 39.0 Å². The van der Waals surface area contributed by atoms with Gasteiger partial charge in [-0.15, -0.1) is 0 Å². The van der Waals surface area contributed by atoms with Crippen molar-refractivity contribution < 1.29 is 0 Å². The number of benzene rings is 1. The van der Waals surface area contributed by atoms with Crippen LogP contribution in [0.25, 0.3) is 0 Å². The van der Waals surface area contributed by atoms with E-state index in [9.17, 15) is 0 Å². The van der Waals surface area contributed by atoms with Gasteiger partial charge in [0.25, 0.3) is 0 Å². The molecule has 0 bridgehead atoms. The zero-order valence-electron chi connectivity index (χ0n) is 10.3. The minimum atomic E-state index is 0.692. The molecule has 0 heteroatoms. The average Bonchev–Trinajstić information content (AvgIpc) is 2.25. The molecule has 0 aliphatic heterocycles. The smallest absolute Gasteiger partial charge is 0.0133 e. The van der Waals surface area contributed by atoms with Crippen LogP contribution in [0.4, 0.5) is 0 Å². The molecule has 83 valence electrons. The molecule has 0 spiro atoms. The van der Waals surface area contributed by atoms with Crippen LogP contribution in [0.15, 0.2) is 24.3 Å². The van der Waals surface area contributed by atoms with Crippen LogP contribution in [0, 0.1) is 12.0 Å². The lowest BCUT2D eigenvalue weighted by atomic mass is 9.84. The van der Waals surface area contributed by atoms with Crippen molar-refractivity contribution in [2.75, 3.05) is 0 Å². The molecule has 1 aromatic carbocycles. The quantitative estimate of drug-likeness (QED) is 0.582. The van der Waals surface area contributed by atoms with Crippen LogP contribution in [0.1, 0.15) is 57.9 Å². The summed E-state index contributed by atoms with van der Waals surface area (Å²) in [5.41, 5.74) is 1.39. The van der Waals surface area contributed by atoms with Gasteiger partial charge in [0, 0.05) is 0 Å². The Labute approximate surface area is 94.7 Å². The topological polar surface area (TPSA) is 0 Å². The molecule has 15 heavy (non-hydrogen) atoms. The third-order valence-electron chi connectivity index (χ3n) is 3.06. The van der Waals surface area contributed by atoms with Crippen LogP contribution >= 0.6 is 0 Å². The highest BCUT2D eigenvalue weighted by atomic mass is 14.2. The Morgan fingerprint density at radius 1 is 1.20 bits per heavy atom. The van der Waals surface area contributed by atoms with E-state index in [4.69, 9.17) is 0 Å². The lowest BCUT2D eigenvalue weighted by Gasteiger charge is -2.20. The summed E-state index contributed by atoms with van der Waals surface area (Å²) in [5, 5.41) is 0. The summed E-state index contributed by atoms with van der Waals surface area (Å²) in [6.45, 7) is 6.90. The fraction of sp³-hybridized carbons (Fsp3) is 0.600. The van der Waals surface area contributed by atoms with E-state index in [1.807, 2.05) is 12.1 Å². The molecule has 0 amide bonds. The van der Waals surface area contributed by atoms with Gasteiger partial charge in [-0.2, -0.15) is 0 Å². The van der Waals surface area contributed by atoms with Crippen molar-refractivity contribution in [2.24, 2.45) is 5.92 Å². The summed E-state index contributed by atoms with van der Waals surface area (Å²) >= 11 is 0. The van der Waals surface area contributed by atoms with Crippen molar-refractivity contribution in [2.45, 2.75) is 52.4 Å². The second-order valence-electron chi connectivity index (χ2n) is 4.66. The summed E-state index contributed by atoms with van der Waals surface area (Å²) in [7, 11) is 0. The predicted molar refractivity (Wildman–Crippen MR) is 67.0 cm³/mol. The maximum Gasteiger partial charge on any atom is -0.0133 e. The Bertz CT molecular complexity index is 248. The Morgan fingerprint density at radius 2 is 2.00 bits per heavy atom. The van der Waals surface area contributed by atoms with Crippen LogP contribution in [0.5, 0.6) is 0 Å². The van der Waals surface area contributed by atoms with Crippen LogP contribution < -0.4 is 0 Å². The third-order valence-corrected chi connectivity index (χ3v) is 3.06. The molecule has 0 fully saturated rings. The van der Waals surface area contributed by atoms with E-state index in [0.717, 1.165) is 5.92 Å². The van der Waals surface area contributed by atoms with E-state index < -0.39 is 0 Å². The second kappa shape index (κ2) is 6.66. The van der Waals surface area contributed by atoms with Crippen molar-refractivity contribution in [1.82, 2.24) is 0 Å². The molecule has 0 saturated heterocycles. The van der Waals surface area contributed by atoms with Crippen LogP contribution in [-0.2, 0) is 0 Å². The van der Waals surface area contributed by atoms with E-state index in [-0.39, 0.29) is 0 Å². The van der Waals surface area contributed by atoms with Gasteiger partial charge in [-0.3, -0.25) is 0 Å². The van der Waals surface area contributed by atoms with E-state index >= 15 is 0 Å². The van der Waals surface area contributed by atoms with Gasteiger partial charge >= 0.3 is 0 Å². The number of rotatable bonds is 6. The Morgan fingerprint density at radius 3 is 2.53 bits per heavy atom. The Balaban J connectivity index is 2.58. The monoisotopic (exact) mass is 203 g/mol. The molecule has 1 radical (unpaired) electrons. The van der Waals surface area contributed by atoms with Crippen LogP contribution in [0.3, 0.4) is 0 Å². The fourth-order valence-electron chi connectivity index (χ4n) is 2.10. The van der Waals surface area contributed by atoms with E-state index in [1.165, 1.54) is 31.2 Å². The molecule has 1 atom stereocenters. The summed E-state index contributed by atoms with van der Waals surface area (Å²) < 4.78 is 0. The molecule has 0 nitrogen and oxygen atoms in total. The Kier molecular flexibility index (Phi) is 5.45. The molecule has 0 aliphatic carbocycles. The number of unbranched alkanes of at least 4 members (excludes halogenated alkanes) is 2. The molecule has 0 saturated carbocycles. The van der Waals surface area contributed by atoms with Crippen molar-refractivity contribution in [1.29, 1.82) is 0 Å². The first-order valence-electron chi connectivity index (χ1n) is 6.22. The highest BCUT2D eigenvalue weighted by Gasteiger charge is 2.14. The standard InChI is InChI=1S/C15H23/c1-4-5-7-12-15(13(2)3)14-10-8-6-9-11-14/h6,8-10,13,15H,4-5,7,12H2,1-3H3. The van der Waals surface area contributed by atoms with Gasteiger partial charge < -0.3 is 0 Å². The highest BCUT2D eigenvalue weighted by molar-refractivity contribution is 5.18. The van der Waals surface area contributed by atoms with Crippen LogP contribution in [-0.4, -0.2) is 0 Å². The normalized spacial score (nSPS) is 13.1. The van der Waals surface area contributed by atoms with Gasteiger partial charge in [-0.25, -0.2) is 0 Å². The van der Waals surface area contributed by atoms with Gasteiger partial charge in [0.1, 0.15) is 0 Å². The molecule has 0 aliphatic rings. The first-order chi connectivity index (χ1) is 7.25. The largest absolute Gasteiger partial charge is 0.0654 e. The minimum absolute atomic E-state index is 0.692. The third kappa shape index (κ3) is 4.07. The minimum Gasteiger partial charge on any atom is -0.0654 e. The Hall–Kier alpha value is -0.780. The number of hydrogen-bond donors (Lipinski definition) is 0. The zero-order valence-corrected chi connectivity index (χ0v) is 10.3. The van der Waals surface area contributed by atoms with Gasteiger partial charge in [-0.1, -0.05) is 64.3 Å². The maximum atomic E-state index is 3.38. The first-order valence-corrected chi connectivity index (χ1v) is 6.22. The molecule has 1 rings (SSSR count). The van der Waals surface area contributed by atoms with Crippen molar-refractivity contribution in [3.05, 3.63) is 35.9 Å². The predicted octanol–water partition coefficient (Wildman–Crippen LogP) is 4.81. The molecule has 1 unspecified atom stereocenters. The van der Waals surface area contributed by atoms with Gasteiger partial charge in [0.2, 0.25) is 0 Å². The van der Waals surface area contributed by atoms with Gasteiger partial charge in [-0.05, 0) is 29.9 Å². The van der Waals surface area contributed by atoms with Crippen molar-refractivity contribution >= 4 is 0 Å². The maximum absolute atomic E-state index is 3.38. The van der Waals surface area contributed by atoms with Crippen molar-refractivity contribution in [3.8, 4) is 0 Å². The SMILES string of the molecule is CCCCCC(c1[c]cccc1)C(C)C. The molecular weight excluding hydrogens is 180 g/mol. The average molecular weight is 203 g/mol. The van der Waals surface area contributed by atoms with E-state index in [1.54, 1.807) is 0 Å². The molecule has 0 heterocycles. The van der Waals surface area contributed by atoms with Crippen molar-refractivity contribution in [3.63, 3.8) is 0 Å². The number of hydrogen-bond acceptors (Lipinski definition) is 0. The molecule has 1 aromatic rings. The lowest BCUT2D eigenvalue weighted by Crippen LogP contribution is -2.06. The second-order valence-corrected chi connectivity index (χ2v) is 4.66. The first kappa shape index (κ1) is 12.3. The van der Waals surface area contributed by atoms with Crippen LogP contribution in [0.2, 0.25) is 0 Å².